The molecule has 0 amide bonds. The van der Waals surface area contributed by atoms with Gasteiger partial charge in [-0.1, -0.05) is 37.3 Å². The lowest BCUT2D eigenvalue weighted by molar-refractivity contribution is -0.757. The monoisotopic (exact) mass is 599 g/mol. The first-order valence-corrected chi connectivity index (χ1v) is 14.5. The van der Waals surface area contributed by atoms with Crippen LogP contribution in [0.25, 0.3) is 0 Å². The molecule has 0 spiro atoms. The molecule has 1 aliphatic carbocycles. The molecule has 1 N–H and O–H groups in total. The van der Waals surface area contributed by atoms with Crippen LogP contribution in [0.3, 0.4) is 0 Å². The number of benzene rings is 1. The molecule has 10 heteroatoms. The fourth-order valence-electron chi connectivity index (χ4n) is 4.87. The fraction of sp³-hybridized carbons (Fsp3) is 0.576. The number of methoxy groups -OCH3 is 1. The van der Waals surface area contributed by atoms with Gasteiger partial charge in [-0.15, -0.1) is 34.3 Å². The maximum absolute atomic E-state index is 11.8. The molecule has 0 aromatic heterocycles. The second-order valence-electron chi connectivity index (χ2n) is 10.1. The Hall–Kier alpha value is -3.86. The predicted octanol–water partition coefficient (Wildman–Crippen LogP) is 4.84. The molecule has 0 saturated heterocycles. The lowest BCUT2D eigenvalue weighted by atomic mass is 9.86. The van der Waals surface area contributed by atoms with Gasteiger partial charge in [-0.3, -0.25) is 4.79 Å². The molecule has 1 aromatic carbocycles. The SMILES string of the molecule is C#CC.CC#CCC(C)C(O)/C=C/C1CCC2Oc3c(CCCC(=O)OCCOC)cccc3C12.O=CCCO[N+](=O)[O-]. The zero-order valence-electron chi connectivity index (χ0n) is 25.7. The molecule has 5 unspecified atom stereocenters. The van der Waals surface area contributed by atoms with Crippen molar-refractivity contribution >= 4 is 12.3 Å². The van der Waals surface area contributed by atoms with Crippen molar-refractivity contribution in [1.29, 1.82) is 0 Å². The number of hydrogen-bond acceptors (Lipinski definition) is 9. The third-order valence-electron chi connectivity index (χ3n) is 6.95. The van der Waals surface area contributed by atoms with Crippen molar-refractivity contribution in [2.45, 2.75) is 83.8 Å². The van der Waals surface area contributed by atoms with Gasteiger partial charge in [0.15, 0.2) is 0 Å². The number of carbonyl (C=O) groups is 2. The Morgan fingerprint density at radius 3 is 2.67 bits per heavy atom. The van der Waals surface area contributed by atoms with Gasteiger partial charge in [-0.05, 0) is 56.9 Å². The molecule has 236 valence electrons. The first-order valence-electron chi connectivity index (χ1n) is 14.5. The number of para-hydroxylation sites is 1. The van der Waals surface area contributed by atoms with Crippen LogP contribution in [0, 0.1) is 46.1 Å². The van der Waals surface area contributed by atoms with Crippen molar-refractivity contribution < 1.29 is 38.8 Å². The number of nitrogens with zero attached hydrogens (tertiary/aromatic N) is 1. The Morgan fingerprint density at radius 2 is 2.02 bits per heavy atom. The van der Waals surface area contributed by atoms with E-state index in [-0.39, 0.29) is 31.0 Å². The van der Waals surface area contributed by atoms with E-state index in [0.717, 1.165) is 37.0 Å². The van der Waals surface area contributed by atoms with Crippen LogP contribution in [0.4, 0.5) is 0 Å². The van der Waals surface area contributed by atoms with Gasteiger partial charge < -0.3 is 28.9 Å². The second kappa shape index (κ2) is 21.8. The molecule has 0 radical (unpaired) electrons. The molecule has 1 aromatic rings. The van der Waals surface area contributed by atoms with Crippen molar-refractivity contribution in [2.24, 2.45) is 11.8 Å². The molecule has 2 aliphatic rings. The largest absolute Gasteiger partial charge is 0.489 e. The van der Waals surface area contributed by atoms with Gasteiger partial charge >= 0.3 is 5.97 Å². The van der Waals surface area contributed by atoms with Crippen LogP contribution in [-0.4, -0.2) is 61.6 Å². The number of aldehydes is 1. The van der Waals surface area contributed by atoms with Gasteiger partial charge in [0.2, 0.25) is 0 Å². The molecule has 5 atom stereocenters. The molecule has 1 saturated carbocycles. The van der Waals surface area contributed by atoms with E-state index in [4.69, 9.17) is 14.2 Å². The second-order valence-corrected chi connectivity index (χ2v) is 10.1. The summed E-state index contributed by atoms with van der Waals surface area (Å²) in [6.45, 7) is 6.10. The molecule has 3 rings (SSSR count). The zero-order valence-corrected chi connectivity index (χ0v) is 25.7. The number of hydrogen-bond donors (Lipinski definition) is 1. The van der Waals surface area contributed by atoms with Crippen molar-refractivity contribution in [3.8, 4) is 29.9 Å². The van der Waals surface area contributed by atoms with E-state index in [1.165, 1.54) is 5.56 Å². The Labute approximate surface area is 255 Å². The quantitative estimate of drug-likeness (QED) is 0.0571. The number of terminal acetylenes is 1. The summed E-state index contributed by atoms with van der Waals surface area (Å²) in [7, 11) is 1.59. The third-order valence-corrected chi connectivity index (χ3v) is 6.95. The number of aryl methyl sites for hydroxylation is 1. The molecular weight excluding hydrogens is 554 g/mol. The van der Waals surface area contributed by atoms with E-state index >= 15 is 0 Å². The minimum atomic E-state index is -0.927. The number of fused-ring (bicyclic) bond motifs is 3. The molecule has 43 heavy (non-hydrogen) atoms. The van der Waals surface area contributed by atoms with Crippen LogP contribution < -0.4 is 4.74 Å². The van der Waals surface area contributed by atoms with Crippen LogP contribution in [0.1, 0.15) is 76.3 Å². The van der Waals surface area contributed by atoms with Gasteiger partial charge in [0, 0.05) is 37.9 Å². The summed E-state index contributed by atoms with van der Waals surface area (Å²) in [5.74, 6) is 9.83. The van der Waals surface area contributed by atoms with Gasteiger partial charge in [0.25, 0.3) is 5.09 Å². The molecule has 1 fully saturated rings. The molecule has 0 bridgehead atoms. The summed E-state index contributed by atoms with van der Waals surface area (Å²) in [6, 6.07) is 6.36. The first-order chi connectivity index (χ1) is 20.7. The number of rotatable bonds is 15. The van der Waals surface area contributed by atoms with Crippen molar-refractivity contribution in [2.75, 3.05) is 26.9 Å². The predicted molar refractivity (Wildman–Crippen MR) is 163 cm³/mol. The number of ether oxygens (including phenoxy) is 3. The Bertz CT molecular complexity index is 1130. The minimum Gasteiger partial charge on any atom is -0.489 e. The maximum atomic E-state index is 11.8. The lowest BCUT2D eigenvalue weighted by Crippen LogP contribution is -2.17. The number of esters is 1. The van der Waals surface area contributed by atoms with E-state index in [1.807, 2.05) is 19.9 Å². The van der Waals surface area contributed by atoms with E-state index < -0.39 is 11.2 Å². The van der Waals surface area contributed by atoms with Crippen molar-refractivity contribution in [1.82, 2.24) is 0 Å². The van der Waals surface area contributed by atoms with E-state index in [1.54, 1.807) is 14.0 Å². The van der Waals surface area contributed by atoms with E-state index in [9.17, 15) is 24.8 Å². The van der Waals surface area contributed by atoms with E-state index in [2.05, 4.69) is 53.3 Å². The fourth-order valence-corrected chi connectivity index (χ4v) is 4.87. The summed E-state index contributed by atoms with van der Waals surface area (Å²) in [5, 5.41) is 18.9. The van der Waals surface area contributed by atoms with E-state index in [0.29, 0.717) is 44.2 Å². The maximum Gasteiger partial charge on any atom is 0.305 e. The Balaban J connectivity index is 0.000000718. The van der Waals surface area contributed by atoms with Gasteiger partial charge in [0.05, 0.1) is 12.7 Å². The standard InChI is InChI=1S/C27H36O5.C3H5NO4.C3H4/c1-4-5-8-19(2)23(28)15-13-20-14-16-24-26(20)22-11-6-9-21(27(22)32-24)10-7-12-25(29)31-18-17-30-3;5-2-1-3-8-4(6)7;1-3-2/h6,9,11,13,15,19-20,23-24,26,28H,7-8,10,12,14,16-18H2,1-3H3;2H,1,3H2;1H,2H3/b15-13+;;. The first kappa shape index (κ1) is 37.2. The van der Waals surface area contributed by atoms with Gasteiger partial charge in [-0.2, -0.15) is 0 Å². The van der Waals surface area contributed by atoms with Gasteiger partial charge in [0.1, 0.15) is 31.4 Å². The summed E-state index contributed by atoms with van der Waals surface area (Å²) in [5.41, 5.74) is 2.43. The Kier molecular flexibility index (Phi) is 18.8. The zero-order chi connectivity index (χ0) is 32.0. The molecule has 10 nitrogen and oxygen atoms in total. The number of aliphatic hydroxyl groups excluding tert-OH is 1. The van der Waals surface area contributed by atoms with Crippen LogP contribution >= 0.6 is 0 Å². The van der Waals surface area contributed by atoms with Gasteiger partial charge in [-0.25, -0.2) is 0 Å². The number of allylic oxidation sites excluding steroid dienone is 1. The smallest absolute Gasteiger partial charge is 0.305 e. The number of carbonyl (C=O) groups excluding carboxylic acids is 2. The van der Waals surface area contributed by atoms with Crippen LogP contribution in [-0.2, 0) is 30.3 Å². The average molecular weight is 600 g/mol. The average Bonchev–Trinajstić information content (AvgIpc) is 3.55. The highest BCUT2D eigenvalue weighted by Crippen LogP contribution is 2.52. The minimum absolute atomic E-state index is 0.0704. The highest BCUT2D eigenvalue weighted by molar-refractivity contribution is 5.69. The number of aliphatic hydroxyl groups is 1. The van der Waals surface area contributed by atoms with Crippen molar-refractivity contribution in [3.63, 3.8) is 0 Å². The topological polar surface area (TPSA) is 134 Å². The molecule has 1 heterocycles. The highest BCUT2D eigenvalue weighted by Gasteiger charge is 2.44. The normalized spacial score (nSPS) is 18.8. The lowest BCUT2D eigenvalue weighted by Gasteiger charge is -2.17. The molecule has 1 aliphatic heterocycles. The molecular formula is C33H45NO9. The third kappa shape index (κ3) is 13.8. The summed E-state index contributed by atoms with van der Waals surface area (Å²) < 4.78 is 16.4. The highest BCUT2D eigenvalue weighted by atomic mass is 16.9. The van der Waals surface area contributed by atoms with Crippen LogP contribution in [0.5, 0.6) is 5.75 Å². The summed E-state index contributed by atoms with van der Waals surface area (Å²) in [4.78, 5) is 34.4. The summed E-state index contributed by atoms with van der Waals surface area (Å²) in [6.07, 6.45) is 13.8. The Morgan fingerprint density at radius 1 is 1.28 bits per heavy atom. The summed E-state index contributed by atoms with van der Waals surface area (Å²) >= 11 is 0. The van der Waals surface area contributed by atoms with Crippen molar-refractivity contribution in [3.05, 3.63) is 51.6 Å². The van der Waals surface area contributed by atoms with Crippen LogP contribution in [0.15, 0.2) is 30.4 Å². The van der Waals surface area contributed by atoms with Crippen LogP contribution in [0.2, 0.25) is 0 Å².